The van der Waals surface area contributed by atoms with Gasteiger partial charge in [0.25, 0.3) is 0 Å². The number of hydrogen-bond acceptors (Lipinski definition) is 8. The van der Waals surface area contributed by atoms with Crippen molar-refractivity contribution in [3.8, 4) is 0 Å². The molecule has 0 aromatic rings. The van der Waals surface area contributed by atoms with E-state index < -0.39 is 11.9 Å². The fourth-order valence-corrected chi connectivity index (χ4v) is 5.89. The van der Waals surface area contributed by atoms with Crippen molar-refractivity contribution in [2.24, 2.45) is 34.5 Å². The second-order valence-electron chi connectivity index (χ2n) is 13.7. The first-order chi connectivity index (χ1) is 20.0. The Morgan fingerprint density at radius 2 is 0.767 bits per heavy atom. The Morgan fingerprint density at radius 1 is 0.581 bits per heavy atom. The summed E-state index contributed by atoms with van der Waals surface area (Å²) in [7, 11) is 2.83. The van der Waals surface area contributed by atoms with Crippen LogP contribution < -0.4 is 10.2 Å². The second-order valence-corrected chi connectivity index (χ2v) is 13.7. The molecule has 0 amide bonds. The Labute approximate surface area is 263 Å². The van der Waals surface area contributed by atoms with Gasteiger partial charge in [-0.3, -0.25) is 9.59 Å². The Balaban J connectivity index is 0. The number of hydrogen-bond donors (Lipinski definition) is 0. The van der Waals surface area contributed by atoms with E-state index >= 15 is 0 Å². The van der Waals surface area contributed by atoms with Crippen molar-refractivity contribution in [2.75, 3.05) is 14.2 Å². The van der Waals surface area contributed by atoms with Crippen LogP contribution in [0.1, 0.15) is 152 Å². The molecule has 0 spiro atoms. The fourth-order valence-electron chi connectivity index (χ4n) is 5.89. The lowest BCUT2D eigenvalue weighted by molar-refractivity contribution is -0.305. The molecule has 43 heavy (non-hydrogen) atoms. The van der Waals surface area contributed by atoms with Gasteiger partial charge in [-0.25, -0.2) is 0 Å². The molecular weight excluding hydrogens is 548 g/mol. The third kappa shape index (κ3) is 21.3. The topological polar surface area (TPSA) is 133 Å². The van der Waals surface area contributed by atoms with Crippen molar-refractivity contribution in [3.05, 3.63) is 0 Å². The molecule has 5 saturated carbocycles. The van der Waals surface area contributed by atoms with Gasteiger partial charge in [0.1, 0.15) is 0 Å². The molecule has 254 valence electrons. The summed E-state index contributed by atoms with van der Waals surface area (Å²) >= 11 is 0. The molecule has 0 aliphatic heterocycles. The molecule has 8 nitrogen and oxygen atoms in total. The van der Waals surface area contributed by atoms with Crippen LogP contribution in [0, 0.1) is 34.5 Å². The van der Waals surface area contributed by atoms with E-state index in [1.165, 1.54) is 83.3 Å². The van der Waals surface area contributed by atoms with Crippen molar-refractivity contribution in [1.82, 2.24) is 0 Å². The Kier molecular flexibility index (Phi) is 23.3. The lowest BCUT2D eigenvalue weighted by atomic mass is 9.56. The number of ether oxygens (including phenoxy) is 2. The number of carboxylic acids is 2. The van der Waals surface area contributed by atoms with Crippen molar-refractivity contribution in [3.63, 3.8) is 0 Å². The maximum absolute atomic E-state index is 10.8. The van der Waals surface area contributed by atoms with Crippen LogP contribution in [0.15, 0.2) is 0 Å². The normalized spacial score (nSPS) is 22.8. The summed E-state index contributed by atoms with van der Waals surface area (Å²) in [5.74, 6) is 2.36. The van der Waals surface area contributed by atoms with Gasteiger partial charge < -0.3 is 29.3 Å². The molecule has 0 saturated heterocycles. The van der Waals surface area contributed by atoms with E-state index in [0.29, 0.717) is 0 Å². The highest BCUT2D eigenvalue weighted by Crippen LogP contribution is 2.53. The predicted molar refractivity (Wildman–Crippen MR) is 168 cm³/mol. The molecule has 5 rings (SSSR count). The van der Waals surface area contributed by atoms with E-state index in [9.17, 15) is 19.5 Å². The monoisotopic (exact) mass is 612 g/mol. The van der Waals surface area contributed by atoms with Crippen LogP contribution >= 0.6 is 0 Å². The zero-order valence-corrected chi connectivity index (χ0v) is 29.2. The summed E-state index contributed by atoms with van der Waals surface area (Å²) in [5.41, 5.74) is -0.622. The van der Waals surface area contributed by atoms with Crippen LogP contribution in [0.25, 0.3) is 0 Å². The summed E-state index contributed by atoms with van der Waals surface area (Å²) in [5, 5.41) is 18.1. The second kappa shape index (κ2) is 23.3. The third-order valence-electron chi connectivity index (χ3n) is 9.03. The largest absolute Gasteiger partial charge is 0.550 e. The first kappa shape index (κ1) is 43.0. The summed E-state index contributed by atoms with van der Waals surface area (Å²) in [4.78, 5) is 39.8. The van der Waals surface area contributed by atoms with Crippen molar-refractivity contribution >= 4 is 23.9 Å². The van der Waals surface area contributed by atoms with Gasteiger partial charge in [-0.05, 0) is 116 Å². The van der Waals surface area contributed by atoms with Crippen LogP contribution in [-0.4, -0.2) is 38.1 Å². The first-order valence-corrected chi connectivity index (χ1v) is 16.5. The number of carbonyl (C=O) groups excluding carboxylic acids is 4. The number of carbonyl (C=O) groups is 4. The quantitative estimate of drug-likeness (QED) is 0.332. The van der Waals surface area contributed by atoms with Gasteiger partial charge in [0.2, 0.25) is 0 Å². The average molecular weight is 613 g/mol. The van der Waals surface area contributed by atoms with E-state index in [-0.39, 0.29) is 29.2 Å². The van der Waals surface area contributed by atoms with E-state index in [2.05, 4.69) is 9.47 Å². The van der Waals surface area contributed by atoms with Gasteiger partial charge >= 0.3 is 11.9 Å². The molecule has 0 radical (unpaired) electrons. The van der Waals surface area contributed by atoms with Gasteiger partial charge in [-0.2, -0.15) is 0 Å². The van der Waals surface area contributed by atoms with Gasteiger partial charge in [0, 0.05) is 11.9 Å². The first-order valence-electron chi connectivity index (χ1n) is 16.5. The standard InChI is InChI=1S/C10H16.2C7H14O2.C6H12.C3H6O2.C2H4O2/c1-7-2-9-4-8(1)5-10(3-7)6-9;2*1-5-7(2,3)6(8)9-4;1-2-4-6-5-3-1;1-2-3(4)5;1-2(3)4/h7-10H,1-6H2;2*5H2,1-4H3;1-6H2;2H2,1H3,(H,4,5);1H3,(H,3,4)/p-2. The molecule has 0 unspecified atom stereocenters. The van der Waals surface area contributed by atoms with Crippen LogP contribution in [0.5, 0.6) is 0 Å². The van der Waals surface area contributed by atoms with Crippen molar-refractivity contribution in [1.29, 1.82) is 0 Å². The minimum atomic E-state index is -1.08. The van der Waals surface area contributed by atoms with E-state index in [1.807, 2.05) is 41.5 Å². The SMILES string of the molecule is C1C2CC3CC1CC(C2)C3.C1CCCCC1.CC(=O)[O-].CCC(=O)[O-].CCC(C)(C)C(=O)OC.CCC(C)(C)C(=O)OC. The Hall–Kier alpha value is -2.12. The molecule has 0 N–H and O–H groups in total. The third-order valence-corrected chi connectivity index (χ3v) is 9.03. The number of aliphatic carboxylic acids is 2. The molecule has 5 aliphatic carbocycles. The lowest BCUT2D eigenvalue weighted by Crippen LogP contribution is -2.38. The number of esters is 2. The highest BCUT2D eigenvalue weighted by Gasteiger charge is 2.41. The van der Waals surface area contributed by atoms with Gasteiger partial charge in [0.05, 0.1) is 25.0 Å². The summed E-state index contributed by atoms with van der Waals surface area (Å²) in [6.45, 7) is 13.9. The summed E-state index contributed by atoms with van der Waals surface area (Å²) in [6, 6.07) is 0. The van der Waals surface area contributed by atoms with Crippen molar-refractivity contribution in [2.45, 2.75) is 152 Å². The number of carboxylic acid groups (broad SMARTS) is 2. The molecule has 0 aromatic carbocycles. The zero-order chi connectivity index (χ0) is 33.6. The van der Waals surface area contributed by atoms with Gasteiger partial charge in [-0.1, -0.05) is 59.3 Å². The summed E-state index contributed by atoms with van der Waals surface area (Å²) in [6.07, 6.45) is 20.4. The molecule has 0 atom stereocenters. The van der Waals surface area contributed by atoms with Gasteiger partial charge in [-0.15, -0.1) is 0 Å². The molecule has 0 heterocycles. The number of rotatable bonds is 5. The maximum atomic E-state index is 10.8. The van der Waals surface area contributed by atoms with Crippen LogP contribution in [-0.2, 0) is 28.7 Å². The minimum absolute atomic E-state index is 0.111. The average Bonchev–Trinajstić information content (AvgIpc) is 2.97. The van der Waals surface area contributed by atoms with Crippen LogP contribution in [0.4, 0.5) is 0 Å². The van der Waals surface area contributed by atoms with E-state index in [4.69, 9.17) is 9.90 Å². The molecule has 5 aliphatic rings. The number of methoxy groups -OCH3 is 2. The molecule has 5 fully saturated rings. The smallest absolute Gasteiger partial charge is 0.311 e. The van der Waals surface area contributed by atoms with E-state index in [1.54, 1.807) is 38.5 Å². The highest BCUT2D eigenvalue weighted by molar-refractivity contribution is 5.75. The molecule has 0 aromatic heterocycles. The Morgan fingerprint density at radius 3 is 0.860 bits per heavy atom. The van der Waals surface area contributed by atoms with Gasteiger partial charge in [0.15, 0.2) is 0 Å². The fraction of sp³-hybridized carbons (Fsp3) is 0.886. The molecule has 4 bridgehead atoms. The lowest BCUT2D eigenvalue weighted by Gasteiger charge is -2.49. The van der Waals surface area contributed by atoms with E-state index in [0.717, 1.165) is 19.8 Å². The Bertz CT molecular complexity index is 683. The molecule has 8 heteroatoms. The van der Waals surface area contributed by atoms with Crippen LogP contribution in [0.2, 0.25) is 0 Å². The minimum Gasteiger partial charge on any atom is -0.550 e. The maximum Gasteiger partial charge on any atom is 0.311 e. The predicted octanol–water partition coefficient (Wildman–Crippen LogP) is 6.27. The van der Waals surface area contributed by atoms with Crippen LogP contribution in [0.3, 0.4) is 0 Å². The summed E-state index contributed by atoms with van der Waals surface area (Å²) < 4.78 is 9.13. The highest BCUT2D eigenvalue weighted by atomic mass is 16.5. The zero-order valence-electron chi connectivity index (χ0n) is 29.2. The molecular formula is C35H64O8-2. The van der Waals surface area contributed by atoms with Crippen molar-refractivity contribution < 1.29 is 38.9 Å².